The average Bonchev–Trinajstić information content (AvgIpc) is 2.94. The van der Waals surface area contributed by atoms with Gasteiger partial charge in [-0.15, -0.1) is 0 Å². The Labute approximate surface area is 114 Å². The first-order valence-corrected chi connectivity index (χ1v) is 6.14. The molecule has 108 valence electrons. The van der Waals surface area contributed by atoms with E-state index in [0.29, 0.717) is 12.4 Å². The molecule has 0 spiro atoms. The van der Waals surface area contributed by atoms with E-state index in [1.807, 2.05) is 6.92 Å². The van der Waals surface area contributed by atoms with Gasteiger partial charge in [0, 0.05) is 13.6 Å². The van der Waals surface area contributed by atoms with Crippen LogP contribution in [0.25, 0.3) is 0 Å². The maximum absolute atomic E-state index is 12.1. The van der Waals surface area contributed by atoms with Gasteiger partial charge in [-0.2, -0.15) is 4.98 Å². The summed E-state index contributed by atoms with van der Waals surface area (Å²) in [5.74, 6) is 0.503. The summed E-state index contributed by atoms with van der Waals surface area (Å²) in [6.45, 7) is 2.54. The molecule has 0 amide bonds. The number of hydrogen-bond acceptors (Lipinski definition) is 7. The van der Waals surface area contributed by atoms with E-state index >= 15 is 0 Å². The van der Waals surface area contributed by atoms with Gasteiger partial charge in [-0.1, -0.05) is 12.1 Å². The summed E-state index contributed by atoms with van der Waals surface area (Å²) >= 11 is 0. The number of aromatic nitrogens is 4. The Kier molecular flexibility index (Phi) is 3.87. The Morgan fingerprint density at radius 3 is 2.80 bits per heavy atom. The second-order valence-electron chi connectivity index (χ2n) is 4.26. The fraction of sp³-hybridized carbons (Fsp3) is 0.455. The minimum absolute atomic E-state index is 0.114. The molecule has 0 atom stereocenters. The van der Waals surface area contributed by atoms with Gasteiger partial charge in [0.05, 0.1) is 6.54 Å². The summed E-state index contributed by atoms with van der Waals surface area (Å²) in [5, 5.41) is 6.47. The van der Waals surface area contributed by atoms with E-state index < -0.39 is 11.2 Å². The molecule has 9 nitrogen and oxygen atoms in total. The Morgan fingerprint density at radius 2 is 2.20 bits per heavy atom. The minimum atomic E-state index is -0.483. The molecule has 0 saturated carbocycles. The molecule has 3 N–H and O–H groups in total. The van der Waals surface area contributed by atoms with Crippen LogP contribution in [0.1, 0.15) is 19.2 Å². The van der Waals surface area contributed by atoms with Crippen LogP contribution >= 0.6 is 0 Å². The van der Waals surface area contributed by atoms with Crippen molar-refractivity contribution in [3.05, 3.63) is 33.1 Å². The smallest absolute Gasteiger partial charge is 0.332 e. The molecule has 2 aromatic rings. The third kappa shape index (κ3) is 2.42. The van der Waals surface area contributed by atoms with Gasteiger partial charge in [-0.3, -0.25) is 13.9 Å². The summed E-state index contributed by atoms with van der Waals surface area (Å²) in [5.41, 5.74) is 5.15. The van der Waals surface area contributed by atoms with Crippen LogP contribution in [-0.4, -0.2) is 19.3 Å². The molecule has 9 heteroatoms. The zero-order valence-electron chi connectivity index (χ0n) is 11.3. The van der Waals surface area contributed by atoms with Crippen LogP contribution in [0.2, 0.25) is 0 Å². The Bertz CT molecular complexity index is 700. The molecule has 0 aromatic carbocycles. The van der Waals surface area contributed by atoms with Crippen LogP contribution in [0.3, 0.4) is 0 Å². The average molecular weight is 280 g/mol. The van der Waals surface area contributed by atoms with Crippen molar-refractivity contribution in [2.75, 3.05) is 11.1 Å². The molecule has 0 radical (unpaired) electrons. The van der Waals surface area contributed by atoms with Crippen molar-refractivity contribution < 1.29 is 4.52 Å². The van der Waals surface area contributed by atoms with Gasteiger partial charge in [0.2, 0.25) is 6.39 Å². The van der Waals surface area contributed by atoms with Crippen LogP contribution in [0.15, 0.2) is 20.5 Å². The molecule has 0 saturated heterocycles. The zero-order valence-corrected chi connectivity index (χ0v) is 11.3. The van der Waals surface area contributed by atoms with Gasteiger partial charge >= 0.3 is 5.69 Å². The minimum Gasteiger partial charge on any atom is -0.383 e. The van der Waals surface area contributed by atoms with Crippen molar-refractivity contribution in [3.8, 4) is 0 Å². The fourth-order valence-electron chi connectivity index (χ4n) is 1.83. The van der Waals surface area contributed by atoms with Gasteiger partial charge < -0.3 is 15.6 Å². The monoisotopic (exact) mass is 280 g/mol. The van der Waals surface area contributed by atoms with Crippen LogP contribution < -0.4 is 22.3 Å². The first kappa shape index (κ1) is 13.8. The number of nitrogens with one attached hydrogen (secondary N) is 1. The van der Waals surface area contributed by atoms with Gasteiger partial charge in [-0.25, -0.2) is 4.79 Å². The molecule has 2 heterocycles. The summed E-state index contributed by atoms with van der Waals surface area (Å²) in [4.78, 5) is 27.9. The van der Waals surface area contributed by atoms with Crippen LogP contribution in [0, 0.1) is 0 Å². The van der Waals surface area contributed by atoms with E-state index in [2.05, 4.69) is 20.0 Å². The van der Waals surface area contributed by atoms with Crippen LogP contribution in [0.4, 0.5) is 11.5 Å². The normalized spacial score (nSPS) is 10.7. The number of nitrogen functional groups attached to an aromatic ring is 1. The van der Waals surface area contributed by atoms with Crippen molar-refractivity contribution in [1.29, 1.82) is 0 Å². The van der Waals surface area contributed by atoms with E-state index in [9.17, 15) is 9.59 Å². The quantitative estimate of drug-likeness (QED) is 0.759. The fourth-order valence-corrected chi connectivity index (χ4v) is 1.83. The summed E-state index contributed by atoms with van der Waals surface area (Å²) < 4.78 is 6.98. The van der Waals surface area contributed by atoms with Gasteiger partial charge in [-0.05, 0) is 6.42 Å². The molecule has 0 aliphatic heterocycles. The molecule has 0 unspecified atom stereocenters. The first-order chi connectivity index (χ1) is 9.56. The van der Waals surface area contributed by atoms with E-state index in [1.54, 1.807) is 0 Å². The summed E-state index contributed by atoms with van der Waals surface area (Å²) in [7, 11) is 1.41. The SMILES string of the molecule is CCCn1c(N)c(NCc2ncon2)c(=O)n(C)c1=O. The lowest BCUT2D eigenvalue weighted by Gasteiger charge is -2.14. The van der Waals surface area contributed by atoms with Crippen LogP contribution in [0.5, 0.6) is 0 Å². The van der Waals surface area contributed by atoms with E-state index in [-0.39, 0.29) is 18.1 Å². The topological polar surface area (TPSA) is 121 Å². The van der Waals surface area contributed by atoms with E-state index in [0.717, 1.165) is 11.0 Å². The molecule has 2 rings (SSSR count). The van der Waals surface area contributed by atoms with Gasteiger partial charge in [0.1, 0.15) is 11.5 Å². The Hall–Kier alpha value is -2.58. The predicted molar refractivity (Wildman–Crippen MR) is 72.3 cm³/mol. The van der Waals surface area contributed by atoms with Crippen LogP contribution in [-0.2, 0) is 20.1 Å². The highest BCUT2D eigenvalue weighted by Crippen LogP contribution is 2.11. The predicted octanol–water partition coefficient (Wildman–Crippen LogP) is -0.466. The molecule has 0 bridgehead atoms. The highest BCUT2D eigenvalue weighted by molar-refractivity contribution is 5.60. The number of nitrogens with two attached hydrogens (primary N) is 1. The summed E-state index contributed by atoms with van der Waals surface area (Å²) in [6.07, 6.45) is 1.92. The van der Waals surface area contributed by atoms with Gasteiger partial charge in [0.15, 0.2) is 5.82 Å². The molecular formula is C11H16N6O3. The molecule has 0 aliphatic carbocycles. The second kappa shape index (κ2) is 5.59. The lowest BCUT2D eigenvalue weighted by molar-refractivity contribution is 0.411. The number of nitrogens with zero attached hydrogens (tertiary/aromatic N) is 4. The van der Waals surface area contributed by atoms with E-state index in [1.165, 1.54) is 18.0 Å². The lowest BCUT2D eigenvalue weighted by atomic mass is 10.4. The maximum atomic E-state index is 12.1. The van der Waals surface area contributed by atoms with Crippen molar-refractivity contribution >= 4 is 11.5 Å². The molecule has 20 heavy (non-hydrogen) atoms. The maximum Gasteiger partial charge on any atom is 0.332 e. The molecule has 0 fully saturated rings. The van der Waals surface area contributed by atoms with Crippen molar-refractivity contribution in [1.82, 2.24) is 19.3 Å². The second-order valence-corrected chi connectivity index (χ2v) is 4.26. The molecule has 2 aromatic heterocycles. The largest absolute Gasteiger partial charge is 0.383 e. The van der Waals surface area contributed by atoms with Crippen molar-refractivity contribution in [2.45, 2.75) is 26.4 Å². The lowest BCUT2D eigenvalue weighted by Crippen LogP contribution is -2.40. The summed E-state index contributed by atoms with van der Waals surface area (Å²) in [6, 6.07) is 0. The van der Waals surface area contributed by atoms with Gasteiger partial charge in [0.25, 0.3) is 5.56 Å². The highest BCUT2D eigenvalue weighted by Gasteiger charge is 2.15. The zero-order chi connectivity index (χ0) is 14.7. The Balaban J connectivity index is 2.41. The first-order valence-electron chi connectivity index (χ1n) is 6.14. The molecular weight excluding hydrogens is 264 g/mol. The standard InChI is InChI=1S/C11H16N6O3/c1-3-4-17-9(12)8(10(18)16(2)11(17)19)13-5-7-14-6-20-15-7/h6,13H,3-5,12H2,1-2H3. The number of anilines is 2. The number of hydrogen-bond donors (Lipinski definition) is 2. The van der Waals surface area contributed by atoms with Crippen molar-refractivity contribution in [2.24, 2.45) is 7.05 Å². The third-order valence-electron chi connectivity index (χ3n) is 2.86. The highest BCUT2D eigenvalue weighted by atomic mass is 16.5. The van der Waals surface area contributed by atoms with Crippen molar-refractivity contribution in [3.63, 3.8) is 0 Å². The molecule has 0 aliphatic rings. The Morgan fingerprint density at radius 1 is 1.45 bits per heavy atom. The van der Waals surface area contributed by atoms with E-state index in [4.69, 9.17) is 5.73 Å². The number of rotatable bonds is 5. The third-order valence-corrected chi connectivity index (χ3v) is 2.86.